The van der Waals surface area contributed by atoms with Gasteiger partial charge in [-0.1, -0.05) is 13.2 Å². The van der Waals surface area contributed by atoms with Crippen LogP contribution in [-0.4, -0.2) is 36.4 Å². The summed E-state index contributed by atoms with van der Waals surface area (Å²) in [4.78, 5) is 20.4. The average molecular weight is 269 g/mol. The number of carbonyl (C=O) groups excluding carboxylic acids is 1. The maximum Gasteiger partial charge on any atom is 0.348 e. The quantitative estimate of drug-likeness (QED) is 0.341. The summed E-state index contributed by atoms with van der Waals surface area (Å²) in [6, 6.07) is 1.60. The number of ether oxygens (including phenoxy) is 2. The van der Waals surface area contributed by atoms with Crippen molar-refractivity contribution in [2.75, 3.05) is 13.2 Å². The summed E-state index contributed by atoms with van der Waals surface area (Å²) < 4.78 is 9.77. The van der Waals surface area contributed by atoms with Gasteiger partial charge in [0.15, 0.2) is 0 Å². The van der Waals surface area contributed by atoms with Crippen LogP contribution in [0.25, 0.3) is 0 Å². The first-order chi connectivity index (χ1) is 8.72. The normalized spacial score (nSPS) is 8.79. The molecule has 0 aromatic heterocycles. The molecule has 0 saturated carbocycles. The smallest absolute Gasteiger partial charge is 0.348 e. The van der Waals surface area contributed by atoms with Crippen molar-refractivity contribution in [3.05, 3.63) is 24.3 Å². The Kier molecular flexibility index (Phi) is 11.1. The molecule has 0 aliphatic rings. The molecule has 0 rings (SSSR count). The van der Waals surface area contributed by atoms with Gasteiger partial charge in [-0.15, -0.1) is 0 Å². The van der Waals surface area contributed by atoms with Gasteiger partial charge in [-0.25, -0.2) is 9.59 Å². The minimum absolute atomic E-state index is 0.109. The first-order valence-corrected chi connectivity index (χ1v) is 5.48. The average Bonchev–Trinajstić information content (AvgIpc) is 2.33. The van der Waals surface area contributed by atoms with E-state index in [9.17, 15) is 9.59 Å². The molecule has 0 aromatic carbocycles. The molecule has 0 amide bonds. The molecule has 106 valence electrons. The van der Waals surface area contributed by atoms with Gasteiger partial charge in [0.1, 0.15) is 18.2 Å². The summed E-state index contributed by atoms with van der Waals surface area (Å²) >= 11 is 0. The summed E-state index contributed by atoms with van der Waals surface area (Å²) in [6.45, 7) is 12.1. The maximum atomic E-state index is 10.8. The summed E-state index contributed by atoms with van der Waals surface area (Å²) in [6.07, 6.45) is 0.109. The van der Waals surface area contributed by atoms with Crippen LogP contribution in [0.5, 0.6) is 0 Å². The molecule has 0 aliphatic heterocycles. The third-order valence-corrected chi connectivity index (χ3v) is 1.51. The highest BCUT2D eigenvalue weighted by Crippen LogP contribution is 1.93. The van der Waals surface area contributed by atoms with Crippen LogP contribution in [0.15, 0.2) is 24.3 Å². The molecular formula is C13H19NO5. The molecule has 1 N–H and O–H groups in total. The fourth-order valence-electron chi connectivity index (χ4n) is 0.551. The van der Waals surface area contributed by atoms with Gasteiger partial charge >= 0.3 is 11.9 Å². The fraction of sp³-hybridized carbons (Fsp3) is 0.462. The summed E-state index contributed by atoms with van der Waals surface area (Å²) in [5.41, 5.74) is -0.0143. The molecule has 0 fully saturated rings. The number of carbonyl (C=O) groups is 2. The number of nitriles is 1. The zero-order valence-corrected chi connectivity index (χ0v) is 11.4. The summed E-state index contributed by atoms with van der Waals surface area (Å²) in [5, 5.41) is 16.2. The van der Waals surface area contributed by atoms with E-state index in [1.807, 2.05) is 13.8 Å². The number of hydrogen-bond donors (Lipinski definition) is 1. The zero-order chi connectivity index (χ0) is 15.4. The van der Waals surface area contributed by atoms with Crippen molar-refractivity contribution in [3.8, 4) is 6.07 Å². The first kappa shape index (κ1) is 19.2. The van der Waals surface area contributed by atoms with Crippen LogP contribution in [0.1, 0.15) is 20.8 Å². The third kappa shape index (κ3) is 13.8. The highest BCUT2D eigenvalue weighted by molar-refractivity contribution is 5.91. The number of hydrogen-bond acceptors (Lipinski definition) is 5. The van der Waals surface area contributed by atoms with Gasteiger partial charge < -0.3 is 14.6 Å². The Hall–Kier alpha value is -2.13. The Balaban J connectivity index is 0. The third-order valence-electron chi connectivity index (χ3n) is 1.51. The van der Waals surface area contributed by atoms with Gasteiger partial charge in [0.05, 0.1) is 12.7 Å². The number of carboxylic acid groups (broad SMARTS) is 1. The topological polar surface area (TPSA) is 96.6 Å². The monoisotopic (exact) mass is 269 g/mol. The Bertz CT molecular complexity index is 367. The highest BCUT2D eigenvalue weighted by Gasteiger charge is 2.06. The zero-order valence-electron chi connectivity index (χ0n) is 11.4. The Labute approximate surface area is 112 Å². The molecule has 0 spiro atoms. The predicted octanol–water partition coefficient (Wildman–Crippen LogP) is 1.68. The molecule has 0 saturated heterocycles. The standard InChI is InChI=1S/C9H13NO3.C4H6O2/c1-7(2)12-4-5-13-9(11)8(3)6-10;1-3(2)4(5)6/h7H,3-5H2,1-2H3;1H2,2H3,(H,5,6). The van der Waals surface area contributed by atoms with E-state index in [1.165, 1.54) is 6.92 Å². The fourth-order valence-corrected chi connectivity index (χ4v) is 0.551. The van der Waals surface area contributed by atoms with Gasteiger partial charge in [-0.3, -0.25) is 0 Å². The van der Waals surface area contributed by atoms with Crippen LogP contribution in [0.4, 0.5) is 0 Å². The molecule has 0 heterocycles. The van der Waals surface area contributed by atoms with Crippen molar-refractivity contribution >= 4 is 11.9 Å². The highest BCUT2D eigenvalue weighted by atomic mass is 16.6. The molecule has 0 aliphatic carbocycles. The number of rotatable bonds is 6. The molecule has 0 atom stereocenters. The molecule has 6 heteroatoms. The van der Waals surface area contributed by atoms with E-state index >= 15 is 0 Å². The Morgan fingerprint density at radius 1 is 1.32 bits per heavy atom. The minimum atomic E-state index is -0.935. The van der Waals surface area contributed by atoms with E-state index in [0.29, 0.717) is 6.61 Å². The van der Waals surface area contributed by atoms with Crippen LogP contribution in [0.2, 0.25) is 0 Å². The van der Waals surface area contributed by atoms with Crippen molar-refractivity contribution in [3.63, 3.8) is 0 Å². The van der Waals surface area contributed by atoms with Crippen LogP contribution >= 0.6 is 0 Å². The molecule has 0 unspecified atom stereocenters. The second-order valence-electron chi connectivity index (χ2n) is 3.73. The van der Waals surface area contributed by atoms with E-state index in [1.54, 1.807) is 6.07 Å². The number of carboxylic acids is 1. The lowest BCUT2D eigenvalue weighted by Gasteiger charge is -2.07. The van der Waals surface area contributed by atoms with Crippen molar-refractivity contribution in [1.82, 2.24) is 0 Å². The summed E-state index contributed by atoms with van der Waals surface area (Å²) in [7, 11) is 0. The van der Waals surface area contributed by atoms with E-state index in [-0.39, 0.29) is 23.9 Å². The van der Waals surface area contributed by atoms with Gasteiger partial charge in [-0.2, -0.15) is 5.26 Å². The molecular weight excluding hydrogens is 250 g/mol. The summed E-state index contributed by atoms with van der Waals surface area (Å²) in [5.74, 6) is -1.62. The van der Waals surface area contributed by atoms with Gasteiger partial charge in [0.2, 0.25) is 0 Å². The molecule has 0 aromatic rings. The largest absolute Gasteiger partial charge is 0.478 e. The van der Waals surface area contributed by atoms with Crippen molar-refractivity contribution < 1.29 is 24.2 Å². The van der Waals surface area contributed by atoms with Gasteiger partial charge in [0.25, 0.3) is 0 Å². The lowest BCUT2D eigenvalue weighted by atomic mass is 10.3. The first-order valence-electron chi connectivity index (χ1n) is 5.48. The second-order valence-corrected chi connectivity index (χ2v) is 3.73. The van der Waals surface area contributed by atoms with E-state index in [2.05, 4.69) is 17.9 Å². The lowest BCUT2D eigenvalue weighted by Crippen LogP contribution is -2.13. The SMILES string of the molecule is C=C(C#N)C(=O)OCCOC(C)C.C=C(C)C(=O)O. The van der Waals surface area contributed by atoms with E-state index < -0.39 is 11.9 Å². The van der Waals surface area contributed by atoms with E-state index in [0.717, 1.165) is 0 Å². The van der Waals surface area contributed by atoms with Crippen molar-refractivity contribution in [2.24, 2.45) is 0 Å². The van der Waals surface area contributed by atoms with Crippen molar-refractivity contribution in [2.45, 2.75) is 26.9 Å². The lowest BCUT2D eigenvalue weighted by molar-refractivity contribution is -0.140. The Morgan fingerprint density at radius 3 is 2.11 bits per heavy atom. The molecule has 0 bridgehead atoms. The minimum Gasteiger partial charge on any atom is -0.478 e. The Morgan fingerprint density at radius 2 is 1.79 bits per heavy atom. The molecule has 0 radical (unpaired) electrons. The van der Waals surface area contributed by atoms with Crippen LogP contribution in [0.3, 0.4) is 0 Å². The molecule has 19 heavy (non-hydrogen) atoms. The molecule has 6 nitrogen and oxygen atoms in total. The van der Waals surface area contributed by atoms with Crippen LogP contribution in [0, 0.1) is 11.3 Å². The predicted molar refractivity (Wildman–Crippen MR) is 69.2 cm³/mol. The van der Waals surface area contributed by atoms with Gasteiger partial charge in [-0.05, 0) is 20.8 Å². The number of esters is 1. The van der Waals surface area contributed by atoms with Crippen molar-refractivity contribution in [1.29, 1.82) is 5.26 Å². The van der Waals surface area contributed by atoms with E-state index in [4.69, 9.17) is 15.1 Å². The maximum absolute atomic E-state index is 10.8. The van der Waals surface area contributed by atoms with Crippen LogP contribution in [-0.2, 0) is 19.1 Å². The van der Waals surface area contributed by atoms with Crippen LogP contribution < -0.4 is 0 Å². The van der Waals surface area contributed by atoms with Gasteiger partial charge in [0, 0.05) is 5.57 Å². The number of aliphatic carboxylic acids is 1. The second kappa shape index (κ2) is 11.0. The number of nitrogens with zero attached hydrogens (tertiary/aromatic N) is 1.